The van der Waals surface area contributed by atoms with Crippen molar-refractivity contribution in [2.75, 3.05) is 0 Å². The molecule has 1 atom stereocenters. The highest BCUT2D eigenvalue weighted by Gasteiger charge is 2.20. The van der Waals surface area contributed by atoms with Gasteiger partial charge in [0.2, 0.25) is 0 Å². The monoisotopic (exact) mass is 412 g/mol. The SMILES string of the molecule is Cc1ccc(-c2csc3ncn(C[C@@H](O)c4c(F)cccc4F)c(=O)c23)cc1C. The second-order valence-electron chi connectivity index (χ2n) is 6.98. The van der Waals surface area contributed by atoms with Crippen LogP contribution in [0.25, 0.3) is 21.3 Å². The highest BCUT2D eigenvalue weighted by Crippen LogP contribution is 2.32. The number of rotatable bonds is 4. The zero-order valence-corrected chi connectivity index (χ0v) is 16.6. The molecule has 2 aromatic heterocycles. The van der Waals surface area contributed by atoms with Crippen molar-refractivity contribution in [1.29, 1.82) is 0 Å². The van der Waals surface area contributed by atoms with Crippen LogP contribution in [-0.2, 0) is 6.54 Å². The average molecular weight is 412 g/mol. The second-order valence-corrected chi connectivity index (χ2v) is 7.84. The van der Waals surface area contributed by atoms with E-state index in [1.165, 1.54) is 28.3 Å². The predicted octanol–water partition coefficient (Wildman–Crippen LogP) is 4.75. The van der Waals surface area contributed by atoms with Crippen LogP contribution in [-0.4, -0.2) is 14.7 Å². The van der Waals surface area contributed by atoms with Gasteiger partial charge in [-0.25, -0.2) is 13.8 Å². The van der Waals surface area contributed by atoms with Gasteiger partial charge in [0.1, 0.15) is 22.6 Å². The lowest BCUT2D eigenvalue weighted by atomic mass is 10.0. The first kappa shape index (κ1) is 19.4. The van der Waals surface area contributed by atoms with E-state index in [9.17, 15) is 18.7 Å². The maximum Gasteiger partial charge on any atom is 0.262 e. The van der Waals surface area contributed by atoms with Gasteiger partial charge in [0, 0.05) is 10.9 Å². The number of aryl methyl sites for hydroxylation is 2. The van der Waals surface area contributed by atoms with Crippen LogP contribution in [0.1, 0.15) is 22.8 Å². The molecule has 0 fully saturated rings. The number of halogens is 2. The summed E-state index contributed by atoms with van der Waals surface area (Å²) in [6.45, 7) is 3.72. The van der Waals surface area contributed by atoms with Gasteiger partial charge in [0.15, 0.2) is 0 Å². The van der Waals surface area contributed by atoms with Crippen molar-refractivity contribution in [2.24, 2.45) is 0 Å². The van der Waals surface area contributed by atoms with Gasteiger partial charge in [-0.3, -0.25) is 9.36 Å². The van der Waals surface area contributed by atoms with Crippen molar-refractivity contribution >= 4 is 21.6 Å². The summed E-state index contributed by atoms with van der Waals surface area (Å²) in [5.41, 5.74) is 3.10. The largest absolute Gasteiger partial charge is 0.386 e. The van der Waals surface area contributed by atoms with Crippen LogP contribution in [0.3, 0.4) is 0 Å². The molecule has 4 aromatic rings. The Morgan fingerprint density at radius 1 is 1.14 bits per heavy atom. The van der Waals surface area contributed by atoms with Crippen LogP contribution in [0, 0.1) is 25.5 Å². The number of thiophene rings is 1. The number of aliphatic hydroxyl groups excluding tert-OH is 1. The lowest BCUT2D eigenvalue weighted by Crippen LogP contribution is -2.24. The standard InChI is InChI=1S/C22H18F2N2O2S/c1-12-6-7-14(8-13(12)2)15-10-29-21-19(15)22(28)26(11-25-21)9-18(27)20-16(23)4-3-5-17(20)24/h3-8,10-11,18,27H,9H2,1-2H3/t18-/m1/s1. The smallest absolute Gasteiger partial charge is 0.262 e. The molecule has 4 rings (SSSR count). The summed E-state index contributed by atoms with van der Waals surface area (Å²) >= 11 is 1.35. The van der Waals surface area contributed by atoms with Crippen molar-refractivity contribution in [1.82, 2.24) is 9.55 Å². The minimum absolute atomic E-state index is 0.304. The maximum atomic E-state index is 14.0. The van der Waals surface area contributed by atoms with E-state index < -0.39 is 23.3 Å². The summed E-state index contributed by atoms with van der Waals surface area (Å²) in [4.78, 5) is 18.0. The Morgan fingerprint density at radius 2 is 1.86 bits per heavy atom. The molecule has 0 bridgehead atoms. The molecule has 0 aliphatic carbocycles. The quantitative estimate of drug-likeness (QED) is 0.526. The van der Waals surface area contributed by atoms with Crippen LogP contribution in [0.15, 0.2) is 52.9 Å². The number of nitrogens with zero attached hydrogens (tertiary/aromatic N) is 2. The van der Waals surface area contributed by atoms with Gasteiger partial charge in [0.05, 0.1) is 23.8 Å². The Labute approximate surface area is 169 Å². The Bertz CT molecular complexity index is 1260. The third kappa shape index (κ3) is 3.47. The van der Waals surface area contributed by atoms with Gasteiger partial charge < -0.3 is 5.11 Å². The molecule has 1 N–H and O–H groups in total. The number of aromatic nitrogens is 2. The Balaban J connectivity index is 1.78. The van der Waals surface area contributed by atoms with Gasteiger partial charge in [-0.15, -0.1) is 11.3 Å². The topological polar surface area (TPSA) is 55.1 Å². The Hall–Kier alpha value is -2.90. The minimum Gasteiger partial charge on any atom is -0.386 e. The lowest BCUT2D eigenvalue weighted by molar-refractivity contribution is 0.145. The Morgan fingerprint density at radius 3 is 2.55 bits per heavy atom. The van der Waals surface area contributed by atoms with Gasteiger partial charge >= 0.3 is 0 Å². The van der Waals surface area contributed by atoms with E-state index >= 15 is 0 Å². The normalized spacial score (nSPS) is 12.4. The van der Waals surface area contributed by atoms with Crippen molar-refractivity contribution in [3.63, 3.8) is 0 Å². The zero-order valence-electron chi connectivity index (χ0n) is 15.8. The van der Waals surface area contributed by atoms with Crippen LogP contribution >= 0.6 is 11.3 Å². The summed E-state index contributed by atoms with van der Waals surface area (Å²) in [5, 5.41) is 12.7. The fourth-order valence-corrected chi connectivity index (χ4v) is 4.23. The maximum absolute atomic E-state index is 14.0. The molecule has 148 valence electrons. The molecule has 0 radical (unpaired) electrons. The van der Waals surface area contributed by atoms with Crippen molar-refractivity contribution in [3.05, 3.63) is 86.8 Å². The summed E-state index contributed by atoms with van der Waals surface area (Å²) in [6.07, 6.45) is -0.218. The molecular formula is C22H18F2N2O2S. The van der Waals surface area contributed by atoms with Crippen LogP contribution < -0.4 is 5.56 Å². The third-order valence-electron chi connectivity index (χ3n) is 5.08. The van der Waals surface area contributed by atoms with Gasteiger partial charge in [-0.05, 0) is 42.7 Å². The fraction of sp³-hybridized carbons (Fsp3) is 0.182. The first-order valence-electron chi connectivity index (χ1n) is 9.03. The molecule has 0 saturated carbocycles. The number of benzene rings is 2. The minimum atomic E-state index is -1.52. The van der Waals surface area contributed by atoms with E-state index in [4.69, 9.17) is 0 Å². The van der Waals surface area contributed by atoms with E-state index in [0.717, 1.165) is 34.4 Å². The first-order chi connectivity index (χ1) is 13.9. The Kier molecular flexibility index (Phi) is 5.02. The highest BCUT2D eigenvalue weighted by atomic mass is 32.1. The zero-order chi connectivity index (χ0) is 20.7. The molecule has 0 aliphatic rings. The van der Waals surface area contributed by atoms with E-state index in [1.807, 2.05) is 37.4 Å². The van der Waals surface area contributed by atoms with E-state index in [0.29, 0.717) is 10.2 Å². The van der Waals surface area contributed by atoms with Gasteiger partial charge in [-0.1, -0.05) is 24.3 Å². The first-order valence-corrected chi connectivity index (χ1v) is 9.91. The molecule has 4 nitrogen and oxygen atoms in total. The predicted molar refractivity (Wildman–Crippen MR) is 110 cm³/mol. The molecule has 2 heterocycles. The highest BCUT2D eigenvalue weighted by molar-refractivity contribution is 7.17. The fourth-order valence-electron chi connectivity index (χ4n) is 3.33. The molecule has 29 heavy (non-hydrogen) atoms. The van der Waals surface area contributed by atoms with E-state index in [1.54, 1.807) is 0 Å². The van der Waals surface area contributed by atoms with E-state index in [-0.39, 0.29) is 12.1 Å². The van der Waals surface area contributed by atoms with Crippen LogP contribution in [0.2, 0.25) is 0 Å². The van der Waals surface area contributed by atoms with Gasteiger partial charge in [-0.2, -0.15) is 0 Å². The molecular weight excluding hydrogens is 394 g/mol. The molecule has 0 aliphatic heterocycles. The number of hydrogen-bond donors (Lipinski definition) is 1. The summed E-state index contributed by atoms with van der Waals surface area (Å²) in [7, 11) is 0. The molecule has 0 spiro atoms. The molecule has 0 saturated heterocycles. The molecule has 2 aromatic carbocycles. The summed E-state index contributed by atoms with van der Waals surface area (Å²) in [6, 6.07) is 9.32. The van der Waals surface area contributed by atoms with E-state index in [2.05, 4.69) is 4.98 Å². The summed E-state index contributed by atoms with van der Waals surface area (Å²) < 4.78 is 29.1. The van der Waals surface area contributed by atoms with Crippen molar-refractivity contribution in [3.8, 4) is 11.1 Å². The number of aliphatic hydroxyl groups is 1. The third-order valence-corrected chi connectivity index (χ3v) is 5.97. The molecule has 0 unspecified atom stereocenters. The summed E-state index contributed by atoms with van der Waals surface area (Å²) in [5.74, 6) is -1.71. The van der Waals surface area contributed by atoms with Crippen LogP contribution in [0.4, 0.5) is 8.78 Å². The second kappa shape index (κ2) is 7.50. The molecule has 0 amide bonds. The van der Waals surface area contributed by atoms with Crippen molar-refractivity contribution < 1.29 is 13.9 Å². The average Bonchev–Trinajstić information content (AvgIpc) is 3.11. The lowest BCUT2D eigenvalue weighted by Gasteiger charge is -2.14. The van der Waals surface area contributed by atoms with Gasteiger partial charge in [0.25, 0.3) is 5.56 Å². The number of fused-ring (bicyclic) bond motifs is 1. The van der Waals surface area contributed by atoms with Crippen LogP contribution in [0.5, 0.6) is 0 Å². The molecule has 7 heteroatoms. The van der Waals surface area contributed by atoms with Crippen molar-refractivity contribution in [2.45, 2.75) is 26.5 Å². The number of hydrogen-bond acceptors (Lipinski definition) is 4.